The maximum atomic E-state index is 14.3. The van der Waals surface area contributed by atoms with E-state index >= 15 is 0 Å². The van der Waals surface area contributed by atoms with E-state index in [9.17, 15) is 19.2 Å². The molecular formula is C32H45N3O6. The summed E-state index contributed by atoms with van der Waals surface area (Å²) in [5.41, 5.74) is 2.63. The molecule has 2 N–H and O–H groups in total. The first-order valence-corrected chi connectivity index (χ1v) is 14.2. The highest BCUT2D eigenvalue weighted by atomic mass is 16.6. The van der Waals surface area contributed by atoms with Gasteiger partial charge in [0, 0.05) is 19.5 Å². The number of rotatable bonds is 13. The first kappa shape index (κ1) is 33.3. The van der Waals surface area contributed by atoms with Crippen molar-refractivity contribution in [3.63, 3.8) is 0 Å². The molecule has 41 heavy (non-hydrogen) atoms. The standard InChI is InChI=1S/C32H45N3O6/c1-8-17-35(30(38)26(21-24-13-11-10-12-14-24)34-31(39)41-32(5,6)7)28(25-19-22(3)18-23(4)20-25)29(37)33-16-15-27(36)40-9-2/h10-14,18-20,26,28H,8-9,15-17,21H2,1-7H3,(H,33,37)(H,34,39). The highest BCUT2D eigenvalue weighted by Gasteiger charge is 2.36. The Morgan fingerprint density at radius 2 is 1.59 bits per heavy atom. The van der Waals surface area contributed by atoms with Crippen molar-refractivity contribution in [1.29, 1.82) is 0 Å². The number of amides is 3. The number of nitrogens with one attached hydrogen (secondary N) is 2. The maximum absolute atomic E-state index is 14.3. The summed E-state index contributed by atoms with van der Waals surface area (Å²) >= 11 is 0. The lowest BCUT2D eigenvalue weighted by Gasteiger charge is -2.34. The molecule has 0 saturated heterocycles. The zero-order chi connectivity index (χ0) is 30.6. The van der Waals surface area contributed by atoms with Crippen molar-refractivity contribution in [3.05, 3.63) is 70.8 Å². The summed E-state index contributed by atoms with van der Waals surface area (Å²) in [6, 6.07) is 13.1. The molecule has 2 aromatic rings. The monoisotopic (exact) mass is 567 g/mol. The molecule has 2 rings (SSSR count). The number of ether oxygens (including phenoxy) is 2. The third-order valence-corrected chi connectivity index (χ3v) is 6.07. The fourth-order valence-electron chi connectivity index (χ4n) is 4.57. The van der Waals surface area contributed by atoms with Crippen molar-refractivity contribution in [2.24, 2.45) is 0 Å². The molecule has 0 aliphatic heterocycles. The Morgan fingerprint density at radius 3 is 2.15 bits per heavy atom. The lowest BCUT2D eigenvalue weighted by molar-refractivity contribution is -0.144. The van der Waals surface area contributed by atoms with Gasteiger partial charge in [-0.3, -0.25) is 14.4 Å². The van der Waals surface area contributed by atoms with Crippen LogP contribution < -0.4 is 10.6 Å². The topological polar surface area (TPSA) is 114 Å². The van der Waals surface area contributed by atoms with Gasteiger partial charge in [0.25, 0.3) is 0 Å². The van der Waals surface area contributed by atoms with E-state index in [1.807, 2.05) is 69.3 Å². The molecule has 3 amide bonds. The van der Waals surface area contributed by atoms with Gasteiger partial charge in [0.15, 0.2) is 0 Å². The highest BCUT2D eigenvalue weighted by Crippen LogP contribution is 2.26. The van der Waals surface area contributed by atoms with E-state index in [-0.39, 0.29) is 32.5 Å². The zero-order valence-corrected chi connectivity index (χ0v) is 25.4. The van der Waals surface area contributed by atoms with Crippen LogP contribution in [-0.4, -0.2) is 60.1 Å². The summed E-state index contributed by atoms with van der Waals surface area (Å²) in [7, 11) is 0. The van der Waals surface area contributed by atoms with E-state index in [0.717, 1.165) is 16.7 Å². The maximum Gasteiger partial charge on any atom is 0.408 e. The van der Waals surface area contributed by atoms with E-state index < -0.39 is 41.6 Å². The summed E-state index contributed by atoms with van der Waals surface area (Å²) in [5.74, 6) is -1.25. The lowest BCUT2D eigenvalue weighted by Crippen LogP contribution is -2.54. The van der Waals surface area contributed by atoms with Crippen LogP contribution in [0.3, 0.4) is 0 Å². The van der Waals surface area contributed by atoms with Crippen molar-refractivity contribution in [1.82, 2.24) is 15.5 Å². The third kappa shape index (κ3) is 11.3. The van der Waals surface area contributed by atoms with Gasteiger partial charge < -0.3 is 25.0 Å². The van der Waals surface area contributed by atoms with Crippen LogP contribution in [0.2, 0.25) is 0 Å². The van der Waals surface area contributed by atoms with Crippen LogP contribution in [0.15, 0.2) is 48.5 Å². The molecule has 0 fully saturated rings. The molecule has 2 atom stereocenters. The van der Waals surface area contributed by atoms with E-state index in [0.29, 0.717) is 12.0 Å². The number of alkyl carbamates (subject to hydrolysis) is 1. The van der Waals surface area contributed by atoms with Gasteiger partial charge in [-0.15, -0.1) is 0 Å². The molecular weight excluding hydrogens is 522 g/mol. The normalized spacial score (nSPS) is 12.6. The molecule has 0 radical (unpaired) electrons. The minimum atomic E-state index is -0.987. The van der Waals surface area contributed by atoms with Crippen LogP contribution in [0.25, 0.3) is 0 Å². The van der Waals surface area contributed by atoms with E-state index in [1.165, 1.54) is 4.90 Å². The van der Waals surface area contributed by atoms with Crippen LogP contribution in [0.1, 0.15) is 75.8 Å². The van der Waals surface area contributed by atoms with Crippen molar-refractivity contribution in [3.8, 4) is 0 Å². The molecule has 9 nitrogen and oxygen atoms in total. The summed E-state index contributed by atoms with van der Waals surface area (Å²) < 4.78 is 10.4. The van der Waals surface area contributed by atoms with E-state index in [2.05, 4.69) is 10.6 Å². The summed E-state index contributed by atoms with van der Waals surface area (Å²) in [6.07, 6.45) is 0.0826. The molecule has 0 spiro atoms. The molecule has 0 heterocycles. The van der Waals surface area contributed by atoms with Crippen molar-refractivity contribution in [2.45, 2.75) is 85.4 Å². The molecule has 0 aliphatic rings. The Labute approximate surface area is 244 Å². The van der Waals surface area contributed by atoms with Crippen LogP contribution in [0.4, 0.5) is 4.79 Å². The first-order valence-electron chi connectivity index (χ1n) is 14.2. The smallest absolute Gasteiger partial charge is 0.408 e. The van der Waals surface area contributed by atoms with Gasteiger partial charge in [-0.25, -0.2) is 4.79 Å². The second-order valence-electron chi connectivity index (χ2n) is 11.1. The highest BCUT2D eigenvalue weighted by molar-refractivity contribution is 5.92. The second kappa shape index (κ2) is 15.8. The minimum absolute atomic E-state index is 0.0116. The Kier molecular flexibility index (Phi) is 12.8. The number of esters is 1. The van der Waals surface area contributed by atoms with Crippen molar-refractivity contribution in [2.75, 3.05) is 19.7 Å². The number of nitrogens with zero attached hydrogens (tertiary/aromatic N) is 1. The van der Waals surface area contributed by atoms with Crippen LogP contribution in [0.5, 0.6) is 0 Å². The van der Waals surface area contributed by atoms with E-state index in [1.54, 1.807) is 27.7 Å². The molecule has 0 aromatic heterocycles. The molecule has 0 saturated carbocycles. The lowest BCUT2D eigenvalue weighted by atomic mass is 9.97. The molecule has 224 valence electrons. The van der Waals surface area contributed by atoms with Gasteiger partial charge in [0.1, 0.15) is 17.7 Å². The second-order valence-corrected chi connectivity index (χ2v) is 11.1. The Hall–Kier alpha value is -3.88. The van der Waals surface area contributed by atoms with Gasteiger partial charge >= 0.3 is 12.1 Å². The third-order valence-electron chi connectivity index (χ3n) is 6.07. The fraction of sp³-hybridized carbons (Fsp3) is 0.500. The summed E-state index contributed by atoms with van der Waals surface area (Å²) in [6.45, 7) is 13.3. The number of carbonyl (C=O) groups excluding carboxylic acids is 4. The predicted molar refractivity (Wildman–Crippen MR) is 158 cm³/mol. The SMILES string of the molecule is CCCN(C(=O)C(Cc1ccccc1)NC(=O)OC(C)(C)C)C(C(=O)NCCC(=O)OCC)c1cc(C)cc(C)c1. The average Bonchev–Trinajstić information content (AvgIpc) is 2.87. The first-order chi connectivity index (χ1) is 19.3. The number of carbonyl (C=O) groups is 4. The van der Waals surface area contributed by atoms with Gasteiger partial charge in [-0.2, -0.15) is 0 Å². The molecule has 9 heteroatoms. The fourth-order valence-corrected chi connectivity index (χ4v) is 4.57. The van der Waals surface area contributed by atoms with Crippen LogP contribution in [0, 0.1) is 13.8 Å². The summed E-state index contributed by atoms with van der Waals surface area (Å²) in [4.78, 5) is 54.3. The Morgan fingerprint density at radius 1 is 0.951 bits per heavy atom. The van der Waals surface area contributed by atoms with Gasteiger partial charge in [-0.05, 0) is 59.1 Å². The quantitative estimate of drug-likeness (QED) is 0.337. The average molecular weight is 568 g/mol. The number of hydrogen-bond donors (Lipinski definition) is 2. The minimum Gasteiger partial charge on any atom is -0.466 e. The number of benzene rings is 2. The molecule has 0 aliphatic carbocycles. The van der Waals surface area contributed by atoms with Crippen LogP contribution in [-0.2, 0) is 30.3 Å². The zero-order valence-electron chi connectivity index (χ0n) is 25.4. The Balaban J connectivity index is 2.49. The van der Waals surface area contributed by atoms with Gasteiger partial charge in [0.2, 0.25) is 11.8 Å². The largest absolute Gasteiger partial charge is 0.466 e. The van der Waals surface area contributed by atoms with Crippen molar-refractivity contribution >= 4 is 23.9 Å². The summed E-state index contributed by atoms with van der Waals surface area (Å²) in [5, 5.41) is 5.57. The molecule has 0 bridgehead atoms. The molecule has 2 aromatic carbocycles. The predicted octanol–water partition coefficient (Wildman–Crippen LogP) is 4.79. The van der Waals surface area contributed by atoms with Crippen LogP contribution >= 0.6 is 0 Å². The molecule has 2 unspecified atom stereocenters. The number of aryl methyl sites for hydroxylation is 2. The number of hydrogen-bond acceptors (Lipinski definition) is 6. The Bertz CT molecular complexity index is 1160. The van der Waals surface area contributed by atoms with Gasteiger partial charge in [-0.1, -0.05) is 66.6 Å². The van der Waals surface area contributed by atoms with Crippen molar-refractivity contribution < 1.29 is 28.7 Å². The van der Waals surface area contributed by atoms with E-state index in [4.69, 9.17) is 9.47 Å². The van der Waals surface area contributed by atoms with Gasteiger partial charge in [0.05, 0.1) is 13.0 Å².